The molecule has 0 aromatic heterocycles. The maximum Gasteiger partial charge on any atom is 0.416 e. The molecule has 4 atom stereocenters. The van der Waals surface area contributed by atoms with Crippen LogP contribution >= 0.6 is 0 Å². The molecule has 2 aliphatic rings. The number of anilines is 2. The van der Waals surface area contributed by atoms with Crippen LogP contribution in [0.1, 0.15) is 22.8 Å². The van der Waals surface area contributed by atoms with E-state index in [9.17, 15) is 41.0 Å². The van der Waals surface area contributed by atoms with E-state index in [1.807, 2.05) is 0 Å². The van der Waals surface area contributed by atoms with Gasteiger partial charge in [0.15, 0.2) is 0 Å². The molecule has 0 saturated carbocycles. The molecule has 2 N–H and O–H groups in total. The number of hydrogen-bond donors (Lipinski definition) is 2. The lowest BCUT2D eigenvalue weighted by Crippen LogP contribution is -2.55. The predicted octanol–water partition coefficient (Wildman–Crippen LogP) is 5.58. The van der Waals surface area contributed by atoms with Gasteiger partial charge in [0.25, 0.3) is 5.91 Å². The van der Waals surface area contributed by atoms with Gasteiger partial charge in [0.2, 0.25) is 5.91 Å². The fourth-order valence-electron chi connectivity index (χ4n) is 4.91. The number of para-hydroxylation sites is 2. The van der Waals surface area contributed by atoms with Gasteiger partial charge < -0.3 is 10.5 Å². The number of halogens is 6. The lowest BCUT2D eigenvalue weighted by Gasteiger charge is -2.40. The molecule has 0 radical (unpaired) electrons. The van der Waals surface area contributed by atoms with E-state index in [2.05, 4.69) is 5.43 Å². The van der Waals surface area contributed by atoms with Crippen molar-refractivity contribution in [3.05, 3.63) is 108 Å². The minimum Gasteiger partial charge on any atom is -0.386 e. The lowest BCUT2D eigenvalue weighted by molar-refractivity contribution is -0.143. The molecular weight excluding hydrogens is 540 g/mol. The maximum atomic E-state index is 13.6. The third-order valence-electron chi connectivity index (χ3n) is 6.78. The van der Waals surface area contributed by atoms with Crippen LogP contribution in [0.15, 0.2) is 91.0 Å². The molecule has 2 aliphatic heterocycles. The Hall–Kier alpha value is -4.16. The minimum atomic E-state index is -5.12. The number of hydrazine groups is 1. The van der Waals surface area contributed by atoms with Crippen molar-refractivity contribution in [2.75, 3.05) is 10.3 Å². The first-order valence-corrected chi connectivity index (χ1v) is 12.0. The van der Waals surface area contributed by atoms with Crippen molar-refractivity contribution in [3.8, 4) is 0 Å². The number of carbonyl (C=O) groups excluding carboxylic acids is 2. The zero-order valence-corrected chi connectivity index (χ0v) is 20.4. The number of hydrogen-bond acceptors (Lipinski definition) is 5. The summed E-state index contributed by atoms with van der Waals surface area (Å²) in [6.45, 7) is 0. The van der Waals surface area contributed by atoms with E-state index in [-0.39, 0.29) is 6.07 Å². The number of alkyl halides is 6. The first-order valence-electron chi connectivity index (χ1n) is 12.0. The zero-order chi connectivity index (χ0) is 28.8. The van der Waals surface area contributed by atoms with Gasteiger partial charge >= 0.3 is 12.4 Å². The van der Waals surface area contributed by atoms with Crippen LogP contribution in [0.4, 0.5) is 37.7 Å². The SMILES string of the molecule is O=C1C2C=CC(C(O)c3cc(C(F)(F)F)cc(C(F)(F)F)c3)N(Nc3ccccc3)C2C(=O)N1c1ccccc1. The summed E-state index contributed by atoms with van der Waals surface area (Å²) in [5.41, 5.74) is -0.180. The second-order valence-electron chi connectivity index (χ2n) is 9.36. The molecule has 208 valence electrons. The van der Waals surface area contributed by atoms with Crippen LogP contribution in [-0.4, -0.2) is 34.0 Å². The molecule has 0 bridgehead atoms. The van der Waals surface area contributed by atoms with E-state index < -0.39 is 65.0 Å². The number of fused-ring (bicyclic) bond motifs is 1. The molecule has 2 amide bonds. The summed E-state index contributed by atoms with van der Waals surface area (Å²) >= 11 is 0. The Kier molecular flexibility index (Phi) is 6.92. The van der Waals surface area contributed by atoms with Crippen LogP contribution in [0.3, 0.4) is 0 Å². The van der Waals surface area contributed by atoms with Crippen LogP contribution in [0, 0.1) is 5.92 Å². The van der Waals surface area contributed by atoms with Crippen LogP contribution in [-0.2, 0) is 21.9 Å². The number of aliphatic hydroxyl groups is 1. The van der Waals surface area contributed by atoms with E-state index in [0.717, 1.165) is 4.90 Å². The van der Waals surface area contributed by atoms with Crippen LogP contribution < -0.4 is 10.3 Å². The largest absolute Gasteiger partial charge is 0.416 e. The molecule has 0 spiro atoms. The van der Waals surface area contributed by atoms with Crippen LogP contribution in [0.25, 0.3) is 0 Å². The standard InChI is InChI=1S/C28H21F6N3O3/c29-27(30,31)17-13-16(14-18(15-17)28(32,33)34)24(38)22-12-11-21-23(37(22)35-19-7-3-1-4-8-19)26(40)36(25(21)39)20-9-5-2-6-10-20/h1-15,21-24,35,38H. The van der Waals surface area contributed by atoms with E-state index in [4.69, 9.17) is 0 Å². The van der Waals surface area contributed by atoms with E-state index in [1.165, 1.54) is 17.2 Å². The Morgan fingerprint density at radius 2 is 1.30 bits per heavy atom. The van der Waals surface area contributed by atoms with Gasteiger partial charge in [-0.1, -0.05) is 48.6 Å². The monoisotopic (exact) mass is 561 g/mol. The van der Waals surface area contributed by atoms with Crippen molar-refractivity contribution >= 4 is 23.2 Å². The van der Waals surface area contributed by atoms with Crippen molar-refractivity contribution in [1.29, 1.82) is 0 Å². The fraction of sp³-hybridized carbons (Fsp3) is 0.214. The average Bonchev–Trinajstić information content (AvgIpc) is 3.18. The smallest absolute Gasteiger partial charge is 0.386 e. The molecule has 12 heteroatoms. The summed E-state index contributed by atoms with van der Waals surface area (Å²) in [7, 11) is 0. The molecular formula is C28H21F6N3O3. The second-order valence-corrected chi connectivity index (χ2v) is 9.36. The number of carbonyl (C=O) groups is 2. The van der Waals surface area contributed by atoms with Gasteiger partial charge in [-0.3, -0.25) is 9.59 Å². The summed E-state index contributed by atoms with van der Waals surface area (Å²) in [5, 5.41) is 12.5. The van der Waals surface area contributed by atoms with Crippen LogP contribution in [0.5, 0.6) is 0 Å². The van der Waals surface area contributed by atoms with Gasteiger partial charge in [0, 0.05) is 5.69 Å². The van der Waals surface area contributed by atoms with Crippen molar-refractivity contribution in [1.82, 2.24) is 5.01 Å². The van der Waals surface area contributed by atoms with Crippen LogP contribution in [0.2, 0.25) is 0 Å². The Balaban J connectivity index is 1.59. The summed E-state index contributed by atoms with van der Waals surface area (Å²) in [6.07, 6.45) is -9.53. The normalized spacial score (nSPS) is 22.4. The molecule has 1 fully saturated rings. The number of imide groups is 1. The highest BCUT2D eigenvalue weighted by Gasteiger charge is 2.54. The van der Waals surface area contributed by atoms with Gasteiger partial charge in [-0.25, -0.2) is 9.91 Å². The topological polar surface area (TPSA) is 72.9 Å². The van der Waals surface area contributed by atoms with E-state index >= 15 is 0 Å². The lowest BCUT2D eigenvalue weighted by atomic mass is 9.89. The summed E-state index contributed by atoms with van der Waals surface area (Å²) in [6, 6.07) is 14.6. The van der Waals surface area contributed by atoms with E-state index in [1.54, 1.807) is 60.7 Å². The van der Waals surface area contributed by atoms with Gasteiger partial charge in [-0.2, -0.15) is 26.3 Å². The van der Waals surface area contributed by atoms with Crippen molar-refractivity contribution < 1.29 is 41.0 Å². The highest BCUT2D eigenvalue weighted by atomic mass is 19.4. The molecule has 5 rings (SSSR count). The Morgan fingerprint density at radius 3 is 1.85 bits per heavy atom. The van der Waals surface area contributed by atoms with Crippen molar-refractivity contribution in [2.24, 2.45) is 5.92 Å². The van der Waals surface area contributed by atoms with E-state index in [0.29, 0.717) is 23.5 Å². The summed E-state index contributed by atoms with van der Waals surface area (Å²) in [4.78, 5) is 27.9. The second kappa shape index (κ2) is 10.1. The van der Waals surface area contributed by atoms with Crippen molar-refractivity contribution in [3.63, 3.8) is 0 Å². The Labute approximate surface area is 224 Å². The number of rotatable bonds is 5. The number of amides is 2. The number of benzene rings is 3. The third-order valence-corrected chi connectivity index (χ3v) is 6.78. The molecule has 6 nitrogen and oxygen atoms in total. The molecule has 0 aliphatic carbocycles. The number of nitrogens with one attached hydrogen (secondary N) is 1. The summed E-state index contributed by atoms with van der Waals surface area (Å²) in [5.74, 6) is -2.27. The molecule has 1 saturated heterocycles. The third kappa shape index (κ3) is 5.07. The predicted molar refractivity (Wildman–Crippen MR) is 132 cm³/mol. The Bertz CT molecular complexity index is 1410. The van der Waals surface area contributed by atoms with Gasteiger partial charge in [0.1, 0.15) is 6.04 Å². The average molecular weight is 561 g/mol. The first-order chi connectivity index (χ1) is 18.9. The van der Waals surface area contributed by atoms with Crippen molar-refractivity contribution in [2.45, 2.75) is 30.5 Å². The molecule has 3 aromatic carbocycles. The molecule has 2 heterocycles. The maximum absolute atomic E-state index is 13.6. The number of aliphatic hydroxyl groups excluding tert-OH is 1. The minimum absolute atomic E-state index is 0.0279. The molecule has 4 unspecified atom stereocenters. The highest BCUT2D eigenvalue weighted by molar-refractivity contribution is 6.24. The fourth-order valence-corrected chi connectivity index (χ4v) is 4.91. The Morgan fingerprint density at radius 1 is 0.750 bits per heavy atom. The molecule has 3 aromatic rings. The van der Waals surface area contributed by atoms with Gasteiger partial charge in [-0.15, -0.1) is 0 Å². The first kappa shape index (κ1) is 27.4. The quantitative estimate of drug-likeness (QED) is 0.242. The molecule has 40 heavy (non-hydrogen) atoms. The highest BCUT2D eigenvalue weighted by Crippen LogP contribution is 2.41. The van der Waals surface area contributed by atoms with Gasteiger partial charge in [-0.05, 0) is 48.0 Å². The zero-order valence-electron chi connectivity index (χ0n) is 20.4. The summed E-state index contributed by atoms with van der Waals surface area (Å²) < 4.78 is 81.0. The number of nitrogens with zero attached hydrogens (tertiary/aromatic N) is 2. The van der Waals surface area contributed by atoms with Gasteiger partial charge in [0.05, 0.1) is 34.9 Å².